The van der Waals surface area contributed by atoms with Gasteiger partial charge in [0, 0.05) is 4.90 Å². The number of aromatic nitrogens is 2. The Morgan fingerprint density at radius 1 is 1.10 bits per heavy atom. The second kappa shape index (κ2) is 5.79. The first kappa shape index (κ1) is 12.7. The predicted octanol–water partition coefficient (Wildman–Crippen LogP) is 2.90. The number of para-hydroxylation sites is 2. The fourth-order valence-corrected chi connectivity index (χ4v) is 2.59. The summed E-state index contributed by atoms with van der Waals surface area (Å²) in [5.41, 5.74) is 4.59. The number of nitrogens with one attached hydrogen (secondary N) is 1. The summed E-state index contributed by atoms with van der Waals surface area (Å²) in [5, 5.41) is 0. The van der Waals surface area contributed by atoms with Gasteiger partial charge in [-0.15, -0.1) is 11.8 Å². The van der Waals surface area contributed by atoms with Crippen LogP contribution in [0.3, 0.4) is 0 Å². The summed E-state index contributed by atoms with van der Waals surface area (Å²) in [6.45, 7) is 0. The zero-order chi connectivity index (χ0) is 13.8. The summed E-state index contributed by atoms with van der Waals surface area (Å²) in [6, 6.07) is 17.5. The molecule has 0 aliphatic heterocycles. The highest BCUT2D eigenvalue weighted by molar-refractivity contribution is 8.00. The molecular weight excluding hydrogens is 270 g/mol. The second-order valence-corrected chi connectivity index (χ2v) is 5.29. The highest BCUT2D eigenvalue weighted by Crippen LogP contribution is 2.16. The van der Waals surface area contributed by atoms with Gasteiger partial charge in [-0.1, -0.05) is 30.3 Å². The molecule has 3 rings (SSSR count). The molecule has 1 heterocycles. The van der Waals surface area contributed by atoms with Crippen molar-refractivity contribution in [2.45, 2.75) is 4.90 Å². The number of nitrogens with zero attached hydrogens (tertiary/aromatic N) is 2. The van der Waals surface area contributed by atoms with Crippen LogP contribution in [0.1, 0.15) is 0 Å². The quantitative estimate of drug-likeness (QED) is 0.749. The van der Waals surface area contributed by atoms with Gasteiger partial charge in [0.1, 0.15) is 6.33 Å². The van der Waals surface area contributed by atoms with Crippen LogP contribution in [0.4, 0.5) is 0 Å². The molecule has 4 nitrogen and oxygen atoms in total. The largest absolute Gasteiger partial charge is 0.272 e. The maximum atomic E-state index is 11.9. The minimum absolute atomic E-state index is 0.0537. The molecule has 0 saturated heterocycles. The third kappa shape index (κ3) is 2.83. The Morgan fingerprint density at radius 3 is 2.70 bits per heavy atom. The summed E-state index contributed by atoms with van der Waals surface area (Å²) in [6.07, 6.45) is 1.62. The van der Waals surface area contributed by atoms with Gasteiger partial charge in [0.25, 0.3) is 0 Å². The fraction of sp³-hybridized carbons (Fsp3) is 0.0667. The smallest absolute Gasteiger partial charge is 0.249 e. The maximum absolute atomic E-state index is 11.9. The van der Waals surface area contributed by atoms with Crippen molar-refractivity contribution in [3.8, 4) is 0 Å². The Labute approximate surface area is 120 Å². The molecule has 0 fully saturated rings. The van der Waals surface area contributed by atoms with Crippen LogP contribution < -0.4 is 5.43 Å². The van der Waals surface area contributed by atoms with Crippen molar-refractivity contribution < 1.29 is 4.79 Å². The van der Waals surface area contributed by atoms with Crippen LogP contribution in [0.2, 0.25) is 0 Å². The third-order valence-corrected chi connectivity index (χ3v) is 3.82. The molecule has 0 bridgehead atoms. The average molecular weight is 283 g/mol. The van der Waals surface area contributed by atoms with Gasteiger partial charge in [0.15, 0.2) is 0 Å². The zero-order valence-corrected chi connectivity index (χ0v) is 11.5. The Balaban J connectivity index is 1.64. The molecule has 20 heavy (non-hydrogen) atoms. The molecule has 2 aromatic carbocycles. The van der Waals surface area contributed by atoms with E-state index in [9.17, 15) is 4.79 Å². The van der Waals surface area contributed by atoms with Crippen LogP contribution in [0.15, 0.2) is 65.8 Å². The molecule has 1 N–H and O–H groups in total. The highest BCUT2D eigenvalue weighted by atomic mass is 32.2. The van der Waals surface area contributed by atoms with Crippen molar-refractivity contribution in [1.82, 2.24) is 9.66 Å². The lowest BCUT2D eigenvalue weighted by Gasteiger charge is -2.06. The molecule has 0 radical (unpaired) electrons. The lowest BCUT2D eigenvalue weighted by Crippen LogP contribution is -2.23. The molecule has 0 atom stereocenters. The number of rotatable bonds is 4. The van der Waals surface area contributed by atoms with Crippen molar-refractivity contribution in [2.75, 3.05) is 11.2 Å². The number of imidazole rings is 1. The minimum Gasteiger partial charge on any atom is -0.272 e. The van der Waals surface area contributed by atoms with Gasteiger partial charge in [-0.3, -0.25) is 10.2 Å². The van der Waals surface area contributed by atoms with Crippen LogP contribution in [-0.4, -0.2) is 21.3 Å². The van der Waals surface area contributed by atoms with Gasteiger partial charge in [-0.2, -0.15) is 0 Å². The Bertz CT molecular complexity index is 724. The van der Waals surface area contributed by atoms with Crippen LogP contribution in [0.5, 0.6) is 0 Å². The van der Waals surface area contributed by atoms with Crippen LogP contribution in [0, 0.1) is 0 Å². The molecule has 0 aliphatic rings. The highest BCUT2D eigenvalue weighted by Gasteiger charge is 2.06. The van der Waals surface area contributed by atoms with E-state index in [4.69, 9.17) is 0 Å². The Morgan fingerprint density at radius 2 is 1.85 bits per heavy atom. The number of thioether (sulfide) groups is 1. The van der Waals surface area contributed by atoms with Crippen molar-refractivity contribution >= 4 is 28.7 Å². The number of fused-ring (bicyclic) bond motifs is 1. The number of hydrogen-bond donors (Lipinski definition) is 1. The first-order chi connectivity index (χ1) is 9.83. The molecule has 0 aliphatic carbocycles. The van der Waals surface area contributed by atoms with Crippen LogP contribution in [0.25, 0.3) is 11.0 Å². The molecule has 0 spiro atoms. The topological polar surface area (TPSA) is 46.9 Å². The van der Waals surface area contributed by atoms with Gasteiger partial charge in [0.2, 0.25) is 5.91 Å². The molecule has 1 aromatic heterocycles. The second-order valence-electron chi connectivity index (χ2n) is 4.24. The minimum atomic E-state index is -0.0537. The number of carbonyl (C=O) groups is 1. The summed E-state index contributed by atoms with van der Waals surface area (Å²) in [7, 11) is 0. The summed E-state index contributed by atoms with van der Waals surface area (Å²) >= 11 is 1.51. The van der Waals surface area contributed by atoms with Crippen molar-refractivity contribution in [1.29, 1.82) is 0 Å². The monoisotopic (exact) mass is 283 g/mol. The maximum Gasteiger partial charge on any atom is 0.249 e. The zero-order valence-electron chi connectivity index (χ0n) is 10.7. The molecule has 1 amide bonds. The van der Waals surface area contributed by atoms with Gasteiger partial charge >= 0.3 is 0 Å². The normalized spacial score (nSPS) is 10.6. The van der Waals surface area contributed by atoms with E-state index in [-0.39, 0.29) is 5.91 Å². The molecule has 3 aromatic rings. The summed E-state index contributed by atoms with van der Waals surface area (Å²) in [4.78, 5) is 17.3. The first-order valence-electron chi connectivity index (χ1n) is 6.23. The SMILES string of the molecule is O=C(CSc1ccccc1)Nn1cnc2ccccc21. The van der Waals surface area contributed by atoms with Gasteiger partial charge in [-0.05, 0) is 24.3 Å². The van der Waals surface area contributed by atoms with E-state index in [1.54, 1.807) is 11.0 Å². The summed E-state index contributed by atoms with van der Waals surface area (Å²) in [5.74, 6) is 0.318. The van der Waals surface area contributed by atoms with E-state index in [1.807, 2.05) is 54.6 Å². The lowest BCUT2D eigenvalue weighted by atomic mass is 10.3. The molecular formula is C15H13N3OS. The number of amides is 1. The Hall–Kier alpha value is -2.27. The van der Waals surface area contributed by atoms with Crippen molar-refractivity contribution in [3.05, 3.63) is 60.9 Å². The van der Waals surface area contributed by atoms with Crippen LogP contribution in [-0.2, 0) is 4.79 Å². The van der Waals surface area contributed by atoms with E-state index < -0.39 is 0 Å². The molecule has 0 unspecified atom stereocenters. The summed E-state index contributed by atoms with van der Waals surface area (Å²) < 4.78 is 1.66. The van der Waals surface area contributed by atoms with Gasteiger partial charge < -0.3 is 0 Å². The average Bonchev–Trinajstić information content (AvgIpc) is 2.90. The van der Waals surface area contributed by atoms with E-state index in [0.717, 1.165) is 15.9 Å². The van der Waals surface area contributed by atoms with Gasteiger partial charge in [0.05, 0.1) is 16.8 Å². The molecule has 100 valence electrons. The number of benzene rings is 2. The van der Waals surface area contributed by atoms with E-state index >= 15 is 0 Å². The van der Waals surface area contributed by atoms with E-state index in [2.05, 4.69) is 10.4 Å². The van der Waals surface area contributed by atoms with Crippen molar-refractivity contribution in [2.24, 2.45) is 0 Å². The molecule has 0 saturated carbocycles. The predicted molar refractivity (Wildman–Crippen MR) is 81.3 cm³/mol. The van der Waals surface area contributed by atoms with E-state index in [1.165, 1.54) is 11.8 Å². The fourth-order valence-electron chi connectivity index (χ4n) is 1.88. The van der Waals surface area contributed by atoms with E-state index in [0.29, 0.717) is 5.75 Å². The van der Waals surface area contributed by atoms with Crippen molar-refractivity contribution in [3.63, 3.8) is 0 Å². The Kier molecular flexibility index (Phi) is 3.69. The first-order valence-corrected chi connectivity index (χ1v) is 7.21. The van der Waals surface area contributed by atoms with Crippen LogP contribution >= 0.6 is 11.8 Å². The number of carbonyl (C=O) groups excluding carboxylic acids is 1. The number of hydrogen-bond acceptors (Lipinski definition) is 3. The van der Waals surface area contributed by atoms with Gasteiger partial charge in [-0.25, -0.2) is 9.66 Å². The lowest BCUT2D eigenvalue weighted by molar-refractivity contribution is -0.114. The standard InChI is InChI=1S/C15H13N3OS/c19-15(10-20-12-6-2-1-3-7-12)17-18-11-16-13-8-4-5-9-14(13)18/h1-9,11H,10H2,(H,17,19). The third-order valence-electron chi connectivity index (χ3n) is 2.81. The molecule has 5 heteroatoms.